The first kappa shape index (κ1) is 20.6. The van der Waals surface area contributed by atoms with E-state index in [4.69, 9.17) is 14.5 Å². The van der Waals surface area contributed by atoms with Crippen LogP contribution < -0.4 is 4.74 Å². The van der Waals surface area contributed by atoms with E-state index in [9.17, 15) is 4.79 Å². The molecule has 154 valence electrons. The Hall–Kier alpha value is -3.64. The number of carbonyl (C=O) groups is 1. The van der Waals surface area contributed by atoms with Crippen molar-refractivity contribution in [2.75, 3.05) is 7.11 Å². The lowest BCUT2D eigenvalue weighted by molar-refractivity contribution is 0.0598. The van der Waals surface area contributed by atoms with Crippen LogP contribution in [-0.2, 0) is 10.5 Å². The molecular weight excluding hydrogens is 408 g/mol. The molecule has 0 amide bonds. The summed E-state index contributed by atoms with van der Waals surface area (Å²) in [6, 6.07) is 28.6. The van der Waals surface area contributed by atoms with E-state index in [-0.39, 0.29) is 0 Å². The molecule has 3 aromatic carbocycles. The van der Waals surface area contributed by atoms with Gasteiger partial charge in [-0.25, -0.2) is 9.78 Å². The highest BCUT2D eigenvalue weighted by Gasteiger charge is 2.15. The Balaban J connectivity index is 1.67. The number of methoxy groups -OCH3 is 1. The van der Waals surface area contributed by atoms with Crippen LogP contribution in [0.15, 0.2) is 95.9 Å². The molecule has 0 aliphatic carbocycles. The highest BCUT2D eigenvalue weighted by atomic mass is 32.2. The number of aromatic nitrogens is 2. The van der Waals surface area contributed by atoms with E-state index < -0.39 is 5.97 Å². The van der Waals surface area contributed by atoms with E-state index in [1.807, 2.05) is 48.5 Å². The van der Waals surface area contributed by atoms with Gasteiger partial charge in [0, 0.05) is 22.3 Å². The van der Waals surface area contributed by atoms with Crippen LogP contribution in [0.2, 0.25) is 0 Å². The minimum atomic E-state index is -0.465. The van der Waals surface area contributed by atoms with Crippen LogP contribution in [0, 0.1) is 0 Å². The number of hydrogen-bond acceptors (Lipinski definition) is 6. The zero-order chi connectivity index (χ0) is 21.5. The molecule has 0 unspecified atom stereocenters. The predicted octanol–water partition coefficient (Wildman–Crippen LogP) is 6.01. The van der Waals surface area contributed by atoms with Crippen LogP contribution >= 0.6 is 11.8 Å². The first-order valence-electron chi connectivity index (χ1n) is 9.69. The molecule has 0 N–H and O–H groups in total. The van der Waals surface area contributed by atoms with Crippen LogP contribution in [0.4, 0.5) is 0 Å². The Kier molecular flexibility index (Phi) is 6.59. The van der Waals surface area contributed by atoms with Crippen molar-refractivity contribution in [3.8, 4) is 23.0 Å². The normalized spacial score (nSPS) is 10.5. The first-order chi connectivity index (χ1) is 15.2. The van der Waals surface area contributed by atoms with Gasteiger partial charge in [0.05, 0.1) is 12.8 Å². The van der Waals surface area contributed by atoms with Crippen molar-refractivity contribution >= 4 is 17.7 Å². The minimum Gasteiger partial charge on any atom is -0.465 e. The Morgan fingerprint density at radius 1 is 0.871 bits per heavy atom. The van der Waals surface area contributed by atoms with Gasteiger partial charge in [0.1, 0.15) is 11.3 Å². The van der Waals surface area contributed by atoms with Gasteiger partial charge in [-0.15, -0.1) is 11.8 Å². The van der Waals surface area contributed by atoms with E-state index >= 15 is 0 Å². The van der Waals surface area contributed by atoms with E-state index in [2.05, 4.69) is 17.1 Å². The number of thioether (sulfide) groups is 1. The summed E-state index contributed by atoms with van der Waals surface area (Å²) in [4.78, 5) is 22.6. The molecule has 1 heterocycles. The smallest absolute Gasteiger partial charge is 0.341 e. The summed E-state index contributed by atoms with van der Waals surface area (Å²) in [5.41, 5.74) is 2.05. The van der Waals surface area contributed by atoms with Crippen molar-refractivity contribution < 1.29 is 14.3 Å². The lowest BCUT2D eigenvalue weighted by Gasteiger charge is -2.12. The summed E-state index contributed by atoms with van der Waals surface area (Å²) in [7, 11) is 1.34. The lowest BCUT2D eigenvalue weighted by atomic mass is 10.2. The number of benzene rings is 3. The second-order valence-electron chi connectivity index (χ2n) is 6.58. The fourth-order valence-electron chi connectivity index (χ4n) is 2.94. The summed E-state index contributed by atoms with van der Waals surface area (Å²) in [5.74, 6) is 1.51. The predicted molar refractivity (Wildman–Crippen MR) is 121 cm³/mol. The number of esters is 1. The van der Waals surface area contributed by atoms with Gasteiger partial charge in [0.25, 0.3) is 0 Å². The SMILES string of the molecule is COC(=O)c1ccccc1Oc1cc(CSc2ccccc2)nc(-c2ccccc2)n1. The van der Waals surface area contributed by atoms with Gasteiger partial charge >= 0.3 is 5.97 Å². The van der Waals surface area contributed by atoms with Gasteiger partial charge in [-0.05, 0) is 24.3 Å². The van der Waals surface area contributed by atoms with Gasteiger partial charge in [-0.3, -0.25) is 0 Å². The average molecular weight is 429 g/mol. The molecular formula is C25H20N2O3S. The van der Waals surface area contributed by atoms with Gasteiger partial charge in [0.15, 0.2) is 5.82 Å². The van der Waals surface area contributed by atoms with Crippen molar-refractivity contribution in [3.63, 3.8) is 0 Å². The number of rotatable bonds is 7. The third-order valence-corrected chi connectivity index (χ3v) is 5.47. The third-order valence-electron chi connectivity index (χ3n) is 4.42. The van der Waals surface area contributed by atoms with Gasteiger partial charge in [0.2, 0.25) is 5.88 Å². The van der Waals surface area contributed by atoms with Crippen LogP contribution in [0.1, 0.15) is 16.1 Å². The Morgan fingerprint density at radius 2 is 1.55 bits per heavy atom. The number of hydrogen-bond donors (Lipinski definition) is 0. The highest BCUT2D eigenvalue weighted by molar-refractivity contribution is 7.98. The summed E-state index contributed by atoms with van der Waals surface area (Å²) in [5, 5.41) is 0. The summed E-state index contributed by atoms with van der Waals surface area (Å²) < 4.78 is 10.9. The largest absolute Gasteiger partial charge is 0.465 e. The van der Waals surface area contributed by atoms with Gasteiger partial charge in [-0.1, -0.05) is 60.7 Å². The third kappa shape index (κ3) is 5.29. The van der Waals surface area contributed by atoms with E-state index in [1.54, 1.807) is 42.1 Å². The van der Waals surface area contributed by atoms with Gasteiger partial charge in [-0.2, -0.15) is 4.98 Å². The standard InChI is InChI=1S/C25H20N2O3S/c1-29-25(28)21-14-8-9-15-22(21)30-23-16-19(17-31-20-12-6-3-7-13-20)26-24(27-23)18-10-4-2-5-11-18/h2-16H,17H2,1H3. The topological polar surface area (TPSA) is 61.3 Å². The lowest BCUT2D eigenvalue weighted by Crippen LogP contribution is -2.04. The number of para-hydroxylation sites is 1. The molecule has 0 atom stereocenters. The average Bonchev–Trinajstić information content (AvgIpc) is 2.84. The first-order valence-corrected chi connectivity index (χ1v) is 10.7. The maximum absolute atomic E-state index is 12.1. The van der Waals surface area contributed by atoms with Crippen molar-refractivity contribution in [2.24, 2.45) is 0 Å². The second-order valence-corrected chi connectivity index (χ2v) is 7.63. The zero-order valence-corrected chi connectivity index (χ0v) is 17.7. The number of carbonyl (C=O) groups excluding carboxylic acids is 1. The Morgan fingerprint density at radius 3 is 2.29 bits per heavy atom. The zero-order valence-electron chi connectivity index (χ0n) is 16.9. The number of nitrogens with zero attached hydrogens (tertiary/aromatic N) is 2. The van der Waals surface area contributed by atoms with Crippen molar-refractivity contribution in [1.82, 2.24) is 9.97 Å². The summed E-state index contributed by atoms with van der Waals surface area (Å²) in [6.45, 7) is 0. The van der Waals surface area contributed by atoms with Crippen molar-refractivity contribution in [2.45, 2.75) is 10.6 Å². The minimum absolute atomic E-state index is 0.338. The molecule has 0 radical (unpaired) electrons. The molecule has 4 aromatic rings. The van der Waals surface area contributed by atoms with Crippen LogP contribution in [-0.4, -0.2) is 23.0 Å². The quantitative estimate of drug-likeness (QED) is 0.265. The molecule has 0 saturated heterocycles. The maximum atomic E-state index is 12.1. The Labute approximate surface area is 185 Å². The van der Waals surface area contributed by atoms with E-state index in [0.29, 0.717) is 28.8 Å². The van der Waals surface area contributed by atoms with Crippen LogP contribution in [0.25, 0.3) is 11.4 Å². The van der Waals surface area contributed by atoms with Crippen molar-refractivity contribution in [3.05, 3.63) is 102 Å². The van der Waals surface area contributed by atoms with Crippen molar-refractivity contribution in [1.29, 1.82) is 0 Å². The molecule has 31 heavy (non-hydrogen) atoms. The van der Waals surface area contributed by atoms with Gasteiger partial charge < -0.3 is 9.47 Å². The molecule has 0 spiro atoms. The number of ether oxygens (including phenoxy) is 2. The molecule has 0 fully saturated rings. The molecule has 6 heteroatoms. The monoisotopic (exact) mass is 428 g/mol. The molecule has 0 bridgehead atoms. The summed E-state index contributed by atoms with van der Waals surface area (Å²) >= 11 is 1.68. The van der Waals surface area contributed by atoms with Crippen LogP contribution in [0.3, 0.4) is 0 Å². The molecule has 1 aromatic heterocycles. The molecule has 0 saturated carbocycles. The molecule has 0 aliphatic rings. The van der Waals surface area contributed by atoms with E-state index in [1.165, 1.54) is 7.11 Å². The fraction of sp³-hybridized carbons (Fsp3) is 0.0800. The molecule has 0 aliphatic heterocycles. The fourth-order valence-corrected chi connectivity index (χ4v) is 3.75. The molecule has 4 rings (SSSR count). The van der Waals surface area contributed by atoms with Crippen LogP contribution in [0.5, 0.6) is 11.6 Å². The maximum Gasteiger partial charge on any atom is 0.341 e. The van der Waals surface area contributed by atoms with E-state index in [0.717, 1.165) is 16.2 Å². The second kappa shape index (κ2) is 9.91. The molecule has 5 nitrogen and oxygen atoms in total. The summed E-state index contributed by atoms with van der Waals surface area (Å²) in [6.07, 6.45) is 0. The highest BCUT2D eigenvalue weighted by Crippen LogP contribution is 2.29. The Bertz CT molecular complexity index is 1170.